The second-order valence-electron chi connectivity index (χ2n) is 35.2. The Bertz CT molecular complexity index is 4440. The number of rotatable bonds is 39. The molecule has 0 bridgehead atoms. The van der Waals surface area contributed by atoms with Crippen molar-refractivity contribution in [2.45, 2.75) is 287 Å². The fourth-order valence-electron chi connectivity index (χ4n) is 14.9. The Morgan fingerprint density at radius 3 is 0.926 bits per heavy atom. The van der Waals surface area contributed by atoms with Crippen molar-refractivity contribution >= 4 is 105 Å². The van der Waals surface area contributed by atoms with E-state index in [9.17, 15) is 72.9 Å². The number of carboxylic acids is 2. The number of carboxylic acid groups (broad SMARTS) is 2. The van der Waals surface area contributed by atoms with Crippen molar-refractivity contribution in [3.05, 3.63) is 123 Å². The number of aliphatic carboxylic acids is 2. The Morgan fingerprint density at radius 2 is 0.680 bits per heavy atom. The molecule has 0 spiro atoms. The van der Waals surface area contributed by atoms with Gasteiger partial charge in [0.1, 0.15) is 11.6 Å². The number of nitrogens with zero attached hydrogens (tertiary/aromatic N) is 6. The van der Waals surface area contributed by atoms with Gasteiger partial charge in [-0.3, -0.25) is 57.5 Å². The highest BCUT2D eigenvalue weighted by molar-refractivity contribution is 7.14. The van der Waals surface area contributed by atoms with Gasteiger partial charge in [-0.05, 0) is 142 Å². The van der Waals surface area contributed by atoms with Gasteiger partial charge in [-0.1, -0.05) is 135 Å². The molecule has 668 valence electrons. The molecule has 29 heteroatoms. The number of thiazole rings is 3. The quantitative estimate of drug-likeness (QED) is 0.0154. The van der Waals surface area contributed by atoms with Gasteiger partial charge in [0, 0.05) is 121 Å². The first kappa shape index (κ1) is 102. The zero-order valence-corrected chi connectivity index (χ0v) is 76.0. The summed E-state index contributed by atoms with van der Waals surface area (Å²) in [5.41, 5.74) is 19.6. The number of ketones is 5. The Kier molecular flexibility index (Phi) is 40.8. The van der Waals surface area contributed by atoms with Crippen LogP contribution in [0.2, 0.25) is 0 Å². The fourth-order valence-corrected chi connectivity index (χ4v) is 17.4. The number of carbonyl (C=O) groups is 12. The number of esters is 2. The molecular weight excluding hydrogens is 1620 g/mol. The first-order valence-corrected chi connectivity index (χ1v) is 45.2. The van der Waals surface area contributed by atoms with E-state index >= 15 is 0 Å². The molecule has 3 aliphatic rings. The number of aromatic nitrogens is 3. The molecule has 9 atom stereocenters. The van der Waals surface area contributed by atoms with Crippen LogP contribution in [0, 0.1) is 48.9 Å². The molecule has 0 radical (unpaired) electrons. The predicted molar refractivity (Wildman–Crippen MR) is 472 cm³/mol. The molecule has 6 heterocycles. The molecule has 3 aromatic carbocycles. The Morgan fingerprint density at radius 1 is 0.410 bits per heavy atom. The van der Waals surface area contributed by atoms with Crippen molar-refractivity contribution < 1.29 is 92.5 Å². The van der Waals surface area contributed by atoms with E-state index in [1.807, 2.05) is 160 Å². The average Bonchev–Trinajstić information content (AvgIpc) is 1.61. The fraction of sp³-hybridized carbons (Fsp3) is 0.581. The first-order valence-electron chi connectivity index (χ1n) is 42.6. The van der Waals surface area contributed by atoms with Gasteiger partial charge >= 0.3 is 23.9 Å². The molecule has 6 aromatic rings. The van der Waals surface area contributed by atoms with E-state index < -0.39 is 82.5 Å². The van der Waals surface area contributed by atoms with Gasteiger partial charge < -0.3 is 55.4 Å². The maximum atomic E-state index is 13.8. The smallest absolute Gasteiger partial charge is 0.305 e. The van der Waals surface area contributed by atoms with Crippen LogP contribution in [0.1, 0.15) is 238 Å². The molecule has 0 aliphatic carbocycles. The number of ether oxygens (including phenoxy) is 2. The molecule has 0 saturated carbocycles. The van der Waals surface area contributed by atoms with Gasteiger partial charge in [0.05, 0.1) is 104 Å². The molecule has 3 aromatic heterocycles. The number of carbonyl (C=O) groups excluding carboxylic acids is 10. The van der Waals surface area contributed by atoms with E-state index in [0.717, 1.165) is 65.1 Å². The Hall–Kier alpha value is -8.97. The molecule has 3 amide bonds. The molecule has 9 rings (SSSR count). The minimum atomic E-state index is -0.892. The van der Waals surface area contributed by atoms with Gasteiger partial charge in [0.15, 0.2) is 17.3 Å². The van der Waals surface area contributed by atoms with Crippen molar-refractivity contribution in [2.24, 2.45) is 33.8 Å². The monoisotopic (exact) mass is 1740 g/mol. The number of aliphatic hydroxyl groups excluding tert-OH is 3. The summed E-state index contributed by atoms with van der Waals surface area (Å²) in [6, 6.07) is 21.6. The summed E-state index contributed by atoms with van der Waals surface area (Å²) >= 11 is 4.80. The van der Waals surface area contributed by atoms with Crippen LogP contribution in [0.3, 0.4) is 0 Å². The maximum Gasteiger partial charge on any atom is 0.305 e. The number of hydrogen-bond acceptors (Lipinski definition) is 24. The third-order valence-electron chi connectivity index (χ3n) is 22.2. The summed E-state index contributed by atoms with van der Waals surface area (Å²) in [4.78, 5) is 169. The highest BCUT2D eigenvalue weighted by Crippen LogP contribution is 2.38. The normalized spacial score (nSPS) is 17.8. The standard InChI is InChI=1S/C32H44N2O6S.C30H40N2O6S.C23H31N3O3S.C8H14O4/c1-6-40-29(38)10-8-7-9-24(35)17-26(32(3,4)5)31(39)34-19-25(36)18-27(34)28(37)16-13-22-11-14-23(15-12-22)30-21(2)33-20-41-30;1-19-28(39-18-31-19)21-12-9-20(10-13-21)11-14-26(35)25-16-23(34)17-32(25)29(38)24(30(2,3)4)15-22(33)7-5-6-8-27(36)37;1-14-20(30-13-25-14)16-8-5-15(6-9-16)7-10-19(28)18-11-17(27)12-26(18)22(29)21(24)23(2,3)4;1-2-12-8(11)6-4-3-5-7(9)10/h11-12,14-15,20,25-27,36H,6-10,13,16-19H2,1-5H3;9-10,12-13,18,23-25,34H,5-8,11,14-17H2,1-4H3,(H,36,37);5-6,8-9,13,17-18,21,27H,7,10-12,24H2,1-4H3;2-6H2,1H3,(H,9,10)/t25-,26-,27+;23-,24-,25+;17-,18+,21-;/m111./s1. The first-order chi connectivity index (χ1) is 57.5. The van der Waals surface area contributed by atoms with E-state index in [4.69, 9.17) is 20.7 Å². The van der Waals surface area contributed by atoms with Crippen LogP contribution in [0.4, 0.5) is 0 Å². The Labute approximate surface area is 730 Å². The van der Waals surface area contributed by atoms with Gasteiger partial charge in [0.2, 0.25) is 17.7 Å². The summed E-state index contributed by atoms with van der Waals surface area (Å²) < 4.78 is 9.59. The maximum absolute atomic E-state index is 13.8. The zero-order valence-electron chi connectivity index (χ0n) is 73.6. The number of aryl methyl sites for hydroxylation is 6. The van der Waals surface area contributed by atoms with E-state index in [2.05, 4.69) is 31.8 Å². The summed E-state index contributed by atoms with van der Waals surface area (Å²) in [7, 11) is 0. The third kappa shape index (κ3) is 32.6. The lowest BCUT2D eigenvalue weighted by molar-refractivity contribution is -0.146. The number of β-amino-alcohol motifs (C(OH)–C–C–N with tert-alkyl or cyclic N) is 3. The predicted octanol–water partition coefficient (Wildman–Crippen LogP) is 14.3. The van der Waals surface area contributed by atoms with Crippen LogP contribution >= 0.6 is 34.0 Å². The van der Waals surface area contributed by atoms with E-state index in [-0.39, 0.29) is 155 Å². The summed E-state index contributed by atoms with van der Waals surface area (Å²) in [5, 5.41) is 48.0. The van der Waals surface area contributed by atoms with Crippen LogP contribution in [-0.4, -0.2) is 201 Å². The van der Waals surface area contributed by atoms with Crippen molar-refractivity contribution in [2.75, 3.05) is 32.8 Å². The number of benzene rings is 3. The largest absolute Gasteiger partial charge is 0.481 e. The molecule has 3 saturated heterocycles. The van der Waals surface area contributed by atoms with Crippen molar-refractivity contribution in [1.82, 2.24) is 29.7 Å². The number of likely N-dealkylation sites (tertiary alicyclic amines) is 3. The lowest BCUT2D eigenvalue weighted by Crippen LogP contribution is -2.53. The highest BCUT2D eigenvalue weighted by Gasteiger charge is 2.47. The SMILES string of the molecule is CCOC(=O)CCCCC(=O)C[C@H](C(=O)N1C[C@H](O)C[C@H]1C(=O)CCc1ccc(-c2scnc2C)cc1)C(C)(C)C.CCOC(=O)CCCCC(=O)O.Cc1ncsc1-c1ccc(CCC(=O)[C@@H]2C[C@@H](O)CN2C(=O)[C@@H](CC(=O)CCCCC(=O)O)C(C)(C)C)cc1.Cc1ncsc1-c1ccc(CCC(=O)[C@@H]2C[C@@H](O)CN2C(=O)[C@@H](N)C(C)(C)C)cc1. The molecule has 26 nitrogen and oxygen atoms in total. The molecule has 122 heavy (non-hydrogen) atoms. The topological polar surface area (TPSA) is 399 Å². The molecule has 3 fully saturated rings. The number of Topliss-reactive ketones (excluding diaryl/α,β-unsaturated/α-hetero) is 5. The third-order valence-corrected chi connectivity index (χ3v) is 25.2. The summed E-state index contributed by atoms with van der Waals surface area (Å²) in [6.07, 6.45) is 5.44. The number of unbranched alkanes of at least 4 members (excludes halogenated alkanes) is 3. The van der Waals surface area contributed by atoms with Crippen LogP contribution in [0.5, 0.6) is 0 Å². The second kappa shape index (κ2) is 48.9. The second-order valence-corrected chi connectivity index (χ2v) is 37.7. The molecule has 0 unspecified atom stereocenters. The zero-order chi connectivity index (χ0) is 90.3. The number of amides is 3. The lowest BCUT2D eigenvalue weighted by Gasteiger charge is -2.34. The average molecular weight is 1750 g/mol. The van der Waals surface area contributed by atoms with E-state index in [1.54, 1.807) is 47.9 Å². The minimum Gasteiger partial charge on any atom is -0.481 e. The minimum absolute atomic E-state index is 0.0142. The van der Waals surface area contributed by atoms with Crippen molar-refractivity contribution in [3.8, 4) is 31.3 Å². The number of aliphatic hydroxyl groups is 3. The number of hydrogen-bond donors (Lipinski definition) is 6. The molecule has 3 aliphatic heterocycles. The van der Waals surface area contributed by atoms with Gasteiger partial charge in [-0.15, -0.1) is 34.0 Å². The van der Waals surface area contributed by atoms with Gasteiger partial charge in [-0.25, -0.2) is 15.0 Å². The highest BCUT2D eigenvalue weighted by atomic mass is 32.1. The number of nitrogens with two attached hydrogens (primary N) is 1. The van der Waals surface area contributed by atoms with Crippen LogP contribution in [0.15, 0.2) is 89.3 Å². The summed E-state index contributed by atoms with van der Waals surface area (Å²) in [6.45, 7) is 27.7. The molecular formula is C93H129N7O19S3. The van der Waals surface area contributed by atoms with E-state index in [0.29, 0.717) is 83.8 Å². The van der Waals surface area contributed by atoms with E-state index in [1.165, 1.54) is 14.7 Å². The molecule has 7 N–H and O–H groups in total. The van der Waals surface area contributed by atoms with Crippen LogP contribution in [0.25, 0.3) is 31.3 Å². The van der Waals surface area contributed by atoms with Crippen LogP contribution in [-0.2, 0) is 86.3 Å². The van der Waals surface area contributed by atoms with Gasteiger partial charge in [-0.2, -0.15) is 0 Å². The van der Waals surface area contributed by atoms with Gasteiger partial charge in [0.25, 0.3) is 0 Å². The lowest BCUT2D eigenvalue weighted by atomic mass is 9.76. The Balaban J connectivity index is 0.000000267. The summed E-state index contributed by atoms with van der Waals surface area (Å²) in [5.74, 6) is -4.58. The van der Waals surface area contributed by atoms with Crippen LogP contribution < -0.4 is 5.73 Å². The van der Waals surface area contributed by atoms with Crippen molar-refractivity contribution in [3.63, 3.8) is 0 Å². The van der Waals surface area contributed by atoms with Crippen molar-refractivity contribution in [1.29, 1.82) is 0 Å².